The SMILES string of the molecule is CCCC1CC(Nc2ccc(C)cc2)c2cc(-c3ccc(CN4CCCCC4)cc3)ccc2N1C(C)=O. The molecule has 2 heterocycles. The maximum Gasteiger partial charge on any atom is 0.224 e. The predicted molar refractivity (Wildman–Crippen MR) is 155 cm³/mol. The largest absolute Gasteiger partial charge is 0.378 e. The van der Waals surface area contributed by atoms with E-state index in [1.807, 2.05) is 4.90 Å². The maximum atomic E-state index is 12.8. The van der Waals surface area contributed by atoms with Crippen molar-refractivity contribution < 1.29 is 4.79 Å². The van der Waals surface area contributed by atoms with E-state index >= 15 is 0 Å². The van der Waals surface area contributed by atoms with Gasteiger partial charge in [0.15, 0.2) is 0 Å². The first kappa shape index (κ1) is 25.5. The fourth-order valence-corrected chi connectivity index (χ4v) is 6.11. The molecule has 0 aliphatic carbocycles. The number of rotatable bonds is 7. The quantitative estimate of drug-likeness (QED) is 0.364. The summed E-state index contributed by atoms with van der Waals surface area (Å²) in [6.07, 6.45) is 6.98. The highest BCUT2D eigenvalue weighted by atomic mass is 16.2. The lowest BCUT2D eigenvalue weighted by Crippen LogP contribution is -2.44. The molecule has 0 aromatic heterocycles. The minimum Gasteiger partial charge on any atom is -0.378 e. The number of hydrogen-bond donors (Lipinski definition) is 1. The Kier molecular flexibility index (Phi) is 7.95. The lowest BCUT2D eigenvalue weighted by Gasteiger charge is -2.41. The molecule has 0 saturated carbocycles. The third-order valence-electron chi connectivity index (χ3n) is 8.03. The lowest BCUT2D eigenvalue weighted by molar-refractivity contribution is -0.117. The lowest BCUT2D eigenvalue weighted by atomic mass is 9.86. The number of amides is 1. The van der Waals surface area contributed by atoms with E-state index in [1.54, 1.807) is 6.92 Å². The summed E-state index contributed by atoms with van der Waals surface area (Å²) in [6, 6.07) is 24.7. The van der Waals surface area contributed by atoms with Crippen LogP contribution in [-0.4, -0.2) is 29.9 Å². The van der Waals surface area contributed by atoms with E-state index < -0.39 is 0 Å². The van der Waals surface area contributed by atoms with Gasteiger partial charge in [-0.05, 0) is 92.2 Å². The highest BCUT2D eigenvalue weighted by Crippen LogP contribution is 2.42. The van der Waals surface area contributed by atoms with E-state index in [2.05, 4.69) is 90.8 Å². The van der Waals surface area contributed by atoms with Crippen molar-refractivity contribution in [3.8, 4) is 11.1 Å². The molecule has 2 atom stereocenters. The van der Waals surface area contributed by atoms with E-state index in [-0.39, 0.29) is 18.0 Å². The molecule has 1 N–H and O–H groups in total. The van der Waals surface area contributed by atoms with Gasteiger partial charge in [-0.1, -0.05) is 67.8 Å². The monoisotopic (exact) mass is 495 g/mol. The van der Waals surface area contributed by atoms with Crippen molar-refractivity contribution in [1.29, 1.82) is 0 Å². The molecule has 37 heavy (non-hydrogen) atoms. The number of aryl methyl sites for hydroxylation is 1. The molecule has 2 unspecified atom stereocenters. The fraction of sp³-hybridized carbons (Fsp3) is 0.424. The maximum absolute atomic E-state index is 12.8. The van der Waals surface area contributed by atoms with Crippen molar-refractivity contribution in [3.63, 3.8) is 0 Å². The normalized spacial score (nSPS) is 19.9. The second-order valence-corrected chi connectivity index (χ2v) is 10.9. The molecular formula is C33H41N3O. The van der Waals surface area contributed by atoms with Crippen LogP contribution in [0.5, 0.6) is 0 Å². The van der Waals surface area contributed by atoms with E-state index in [0.717, 1.165) is 37.2 Å². The molecule has 3 aromatic rings. The fourth-order valence-electron chi connectivity index (χ4n) is 6.11. The summed E-state index contributed by atoms with van der Waals surface area (Å²) < 4.78 is 0. The Morgan fingerprint density at radius 2 is 1.62 bits per heavy atom. The first-order valence-electron chi connectivity index (χ1n) is 14.1. The van der Waals surface area contributed by atoms with Crippen molar-refractivity contribution in [3.05, 3.63) is 83.4 Å². The molecule has 1 fully saturated rings. The van der Waals surface area contributed by atoms with Gasteiger partial charge in [-0.3, -0.25) is 9.69 Å². The molecular weight excluding hydrogens is 454 g/mol. The second kappa shape index (κ2) is 11.5. The first-order valence-corrected chi connectivity index (χ1v) is 14.1. The topological polar surface area (TPSA) is 35.6 Å². The number of fused-ring (bicyclic) bond motifs is 1. The van der Waals surface area contributed by atoms with Gasteiger partial charge in [-0.2, -0.15) is 0 Å². The summed E-state index contributed by atoms with van der Waals surface area (Å²) in [6.45, 7) is 9.50. The summed E-state index contributed by atoms with van der Waals surface area (Å²) in [5.41, 5.74) is 8.45. The van der Waals surface area contributed by atoms with Crippen LogP contribution in [0.1, 0.15) is 75.1 Å². The van der Waals surface area contributed by atoms with Crippen LogP contribution in [0.2, 0.25) is 0 Å². The molecule has 4 heteroatoms. The van der Waals surface area contributed by atoms with Gasteiger partial charge in [-0.15, -0.1) is 0 Å². The molecule has 2 aliphatic rings. The average molecular weight is 496 g/mol. The highest BCUT2D eigenvalue weighted by Gasteiger charge is 2.34. The Labute approximate surface area is 222 Å². The van der Waals surface area contributed by atoms with Crippen LogP contribution in [0, 0.1) is 6.92 Å². The summed E-state index contributed by atoms with van der Waals surface area (Å²) in [7, 11) is 0. The van der Waals surface area contributed by atoms with E-state index in [0.29, 0.717) is 0 Å². The zero-order chi connectivity index (χ0) is 25.8. The number of benzene rings is 3. The Balaban J connectivity index is 1.45. The van der Waals surface area contributed by atoms with Crippen LogP contribution in [0.4, 0.5) is 11.4 Å². The number of anilines is 2. The van der Waals surface area contributed by atoms with Crippen LogP contribution in [-0.2, 0) is 11.3 Å². The molecule has 0 spiro atoms. The van der Waals surface area contributed by atoms with Crippen molar-refractivity contribution in [1.82, 2.24) is 4.90 Å². The molecule has 0 radical (unpaired) electrons. The van der Waals surface area contributed by atoms with Crippen LogP contribution in [0.3, 0.4) is 0 Å². The van der Waals surface area contributed by atoms with Crippen molar-refractivity contribution in [2.45, 2.75) is 77.9 Å². The second-order valence-electron chi connectivity index (χ2n) is 10.9. The van der Waals surface area contributed by atoms with Gasteiger partial charge in [-0.25, -0.2) is 0 Å². The molecule has 3 aromatic carbocycles. The molecule has 2 aliphatic heterocycles. The third-order valence-corrected chi connectivity index (χ3v) is 8.03. The number of hydrogen-bond acceptors (Lipinski definition) is 3. The third kappa shape index (κ3) is 5.91. The summed E-state index contributed by atoms with van der Waals surface area (Å²) in [5.74, 6) is 0.128. The number of piperidine rings is 1. The minimum atomic E-state index is 0.128. The molecule has 1 amide bonds. The zero-order valence-electron chi connectivity index (χ0n) is 22.7. The Bertz CT molecular complexity index is 1200. The number of nitrogens with zero attached hydrogens (tertiary/aromatic N) is 2. The highest BCUT2D eigenvalue weighted by molar-refractivity contribution is 5.94. The van der Waals surface area contributed by atoms with E-state index in [1.165, 1.54) is 60.2 Å². The predicted octanol–water partition coefficient (Wildman–Crippen LogP) is 7.73. The Morgan fingerprint density at radius 3 is 2.30 bits per heavy atom. The molecule has 5 rings (SSSR count). The van der Waals surface area contributed by atoms with Gasteiger partial charge in [0, 0.05) is 30.9 Å². The van der Waals surface area contributed by atoms with Gasteiger partial charge in [0.05, 0.1) is 6.04 Å². The summed E-state index contributed by atoms with van der Waals surface area (Å²) in [4.78, 5) is 17.4. The van der Waals surface area contributed by atoms with E-state index in [9.17, 15) is 4.79 Å². The number of carbonyl (C=O) groups is 1. The first-order chi connectivity index (χ1) is 18.0. The molecule has 4 nitrogen and oxygen atoms in total. The van der Waals surface area contributed by atoms with Crippen LogP contribution in [0.15, 0.2) is 66.7 Å². The van der Waals surface area contributed by atoms with Gasteiger partial charge < -0.3 is 10.2 Å². The van der Waals surface area contributed by atoms with Crippen molar-refractivity contribution >= 4 is 17.3 Å². The minimum absolute atomic E-state index is 0.128. The molecule has 194 valence electrons. The Morgan fingerprint density at radius 1 is 0.919 bits per heavy atom. The Hall–Kier alpha value is -3.11. The van der Waals surface area contributed by atoms with Crippen LogP contribution in [0.25, 0.3) is 11.1 Å². The van der Waals surface area contributed by atoms with Gasteiger partial charge in [0.2, 0.25) is 5.91 Å². The zero-order valence-corrected chi connectivity index (χ0v) is 22.7. The summed E-state index contributed by atoms with van der Waals surface area (Å²) in [5, 5.41) is 3.80. The standard InChI is InChI=1S/C33H41N3O/c1-4-8-30-22-32(34-29-16-9-24(2)10-17-29)31-21-28(15-18-33(31)36(30)25(3)37)27-13-11-26(12-14-27)23-35-19-6-5-7-20-35/h9-18,21,30,32,34H,4-8,19-20,22-23H2,1-3H3. The van der Waals surface area contributed by atoms with Gasteiger partial charge in [0.1, 0.15) is 0 Å². The van der Waals surface area contributed by atoms with Gasteiger partial charge in [0.25, 0.3) is 0 Å². The number of carbonyl (C=O) groups excluding carboxylic acids is 1. The van der Waals surface area contributed by atoms with Crippen LogP contribution >= 0.6 is 0 Å². The van der Waals surface area contributed by atoms with Crippen molar-refractivity contribution in [2.75, 3.05) is 23.3 Å². The van der Waals surface area contributed by atoms with Crippen molar-refractivity contribution in [2.24, 2.45) is 0 Å². The average Bonchev–Trinajstić information content (AvgIpc) is 2.91. The van der Waals surface area contributed by atoms with Crippen LogP contribution < -0.4 is 10.2 Å². The molecule has 0 bridgehead atoms. The summed E-state index contributed by atoms with van der Waals surface area (Å²) >= 11 is 0. The van der Waals surface area contributed by atoms with E-state index in [4.69, 9.17) is 0 Å². The van der Waals surface area contributed by atoms with Gasteiger partial charge >= 0.3 is 0 Å². The number of likely N-dealkylation sites (tertiary alicyclic amines) is 1. The smallest absolute Gasteiger partial charge is 0.224 e. The number of nitrogens with one attached hydrogen (secondary N) is 1. The molecule has 1 saturated heterocycles.